The van der Waals surface area contributed by atoms with Crippen LogP contribution in [0.4, 0.5) is 8.78 Å². The van der Waals surface area contributed by atoms with E-state index >= 15 is 0 Å². The monoisotopic (exact) mass is 437 g/mol. The van der Waals surface area contributed by atoms with Crippen LogP contribution < -0.4 is 0 Å². The molecule has 0 radical (unpaired) electrons. The molecule has 2 aliphatic rings. The van der Waals surface area contributed by atoms with E-state index in [4.69, 9.17) is 0 Å². The standard InChI is InChI=1S/C22H21F2N7O/c1-29-11-26-15-8-12(2-6-18(15)29)21(32)30-13-3-5-14(17(30)7-4-13)19-9-16(20(23)24)28-22-25-10-27-31(19)22/h2,6,8-11,13-14,17,20H,3-5,7H2,1H3/t13-,14-,17?/m0/s1. The summed E-state index contributed by atoms with van der Waals surface area (Å²) < 4.78 is 30.5. The fourth-order valence-electron chi connectivity index (χ4n) is 5.46. The maximum absolute atomic E-state index is 13.6. The molecule has 8 nitrogen and oxygen atoms in total. The van der Waals surface area contributed by atoms with Crippen LogP contribution in [0.15, 0.2) is 36.9 Å². The van der Waals surface area contributed by atoms with E-state index in [0.717, 1.165) is 36.7 Å². The molecule has 164 valence electrons. The molecule has 1 aromatic carbocycles. The average Bonchev–Trinajstić information content (AvgIpc) is 3.49. The van der Waals surface area contributed by atoms with Crippen LogP contribution in [0.3, 0.4) is 0 Å². The molecule has 2 saturated heterocycles. The second kappa shape index (κ2) is 7.04. The van der Waals surface area contributed by atoms with Gasteiger partial charge in [-0.05, 0) is 49.9 Å². The Kier molecular flexibility index (Phi) is 4.24. The summed E-state index contributed by atoms with van der Waals surface area (Å²) >= 11 is 0. The minimum atomic E-state index is -2.70. The van der Waals surface area contributed by atoms with Crippen LogP contribution in [0.25, 0.3) is 16.8 Å². The van der Waals surface area contributed by atoms with Crippen LogP contribution in [0.2, 0.25) is 0 Å². The SMILES string of the molecule is Cn1cnc2cc(C(=O)N3C4CC[C@@H]3CC[C@@H]4c3cc(C(F)F)nc4ncnn34)ccc21. The first kappa shape index (κ1) is 19.3. The molecule has 2 bridgehead atoms. The fraction of sp³-hybridized carbons (Fsp3) is 0.409. The summed E-state index contributed by atoms with van der Waals surface area (Å²) in [6, 6.07) is 7.09. The van der Waals surface area contributed by atoms with Crippen LogP contribution in [0.5, 0.6) is 0 Å². The molecule has 1 amide bonds. The minimum absolute atomic E-state index is 0.0345. The van der Waals surface area contributed by atoms with E-state index < -0.39 is 6.43 Å². The lowest BCUT2D eigenvalue weighted by molar-refractivity contribution is 0.0554. The first-order chi connectivity index (χ1) is 15.5. The molecule has 3 aromatic heterocycles. The number of halogens is 2. The Bertz CT molecular complexity index is 1350. The van der Waals surface area contributed by atoms with Gasteiger partial charge in [0.25, 0.3) is 18.1 Å². The third-order valence-electron chi connectivity index (χ3n) is 6.93. The fourth-order valence-corrected chi connectivity index (χ4v) is 5.46. The lowest BCUT2D eigenvalue weighted by atomic mass is 9.86. The van der Waals surface area contributed by atoms with Gasteiger partial charge in [0.1, 0.15) is 12.0 Å². The molecule has 0 N–H and O–H groups in total. The van der Waals surface area contributed by atoms with E-state index in [1.165, 1.54) is 16.9 Å². The zero-order chi connectivity index (χ0) is 22.0. The van der Waals surface area contributed by atoms with E-state index in [9.17, 15) is 13.6 Å². The topological polar surface area (TPSA) is 81.2 Å². The van der Waals surface area contributed by atoms with Gasteiger partial charge in [-0.2, -0.15) is 10.1 Å². The molecule has 2 fully saturated rings. The van der Waals surface area contributed by atoms with Gasteiger partial charge in [-0.15, -0.1) is 0 Å². The Balaban J connectivity index is 1.39. The number of amides is 1. The number of hydrogen-bond acceptors (Lipinski definition) is 5. The number of aryl methyl sites for hydroxylation is 1. The number of nitrogens with zero attached hydrogens (tertiary/aromatic N) is 7. The van der Waals surface area contributed by atoms with Gasteiger partial charge < -0.3 is 9.47 Å². The van der Waals surface area contributed by atoms with Crippen molar-refractivity contribution >= 4 is 22.7 Å². The lowest BCUT2D eigenvalue weighted by Gasteiger charge is -2.40. The van der Waals surface area contributed by atoms with Crippen LogP contribution in [-0.2, 0) is 7.05 Å². The third-order valence-corrected chi connectivity index (χ3v) is 6.93. The average molecular weight is 437 g/mol. The van der Waals surface area contributed by atoms with Crippen molar-refractivity contribution in [2.45, 2.75) is 50.1 Å². The summed E-state index contributed by atoms with van der Waals surface area (Å²) in [6.07, 6.45) is 3.72. The van der Waals surface area contributed by atoms with Crippen molar-refractivity contribution in [2.75, 3.05) is 0 Å². The van der Waals surface area contributed by atoms with Gasteiger partial charge in [-0.1, -0.05) is 0 Å². The predicted octanol–water partition coefficient (Wildman–Crippen LogP) is 3.50. The van der Waals surface area contributed by atoms with Gasteiger partial charge >= 0.3 is 0 Å². The zero-order valence-corrected chi connectivity index (χ0v) is 17.4. The number of fused-ring (bicyclic) bond motifs is 4. The van der Waals surface area contributed by atoms with Gasteiger partial charge in [-0.3, -0.25) is 4.79 Å². The Morgan fingerprint density at radius 3 is 2.81 bits per heavy atom. The largest absolute Gasteiger partial charge is 0.334 e. The minimum Gasteiger partial charge on any atom is -0.334 e. The summed E-state index contributed by atoms with van der Waals surface area (Å²) in [5.74, 6) is 0.0186. The molecule has 4 aromatic rings. The van der Waals surface area contributed by atoms with Gasteiger partial charge in [-0.25, -0.2) is 23.3 Å². The van der Waals surface area contributed by atoms with E-state index in [0.29, 0.717) is 11.3 Å². The number of imidazole rings is 1. The Morgan fingerprint density at radius 1 is 1.12 bits per heavy atom. The number of alkyl halides is 2. The molecule has 0 spiro atoms. The number of rotatable bonds is 3. The third kappa shape index (κ3) is 2.81. The summed E-state index contributed by atoms with van der Waals surface area (Å²) in [7, 11) is 1.92. The molecule has 6 rings (SSSR count). The first-order valence-electron chi connectivity index (χ1n) is 10.7. The normalized spacial score (nSPS) is 23.0. The van der Waals surface area contributed by atoms with Crippen LogP contribution in [0.1, 0.15) is 59.8 Å². The highest BCUT2D eigenvalue weighted by molar-refractivity contribution is 5.98. The smallest absolute Gasteiger partial charge is 0.280 e. The summed E-state index contributed by atoms with van der Waals surface area (Å²) in [4.78, 5) is 27.9. The Labute approximate surface area is 181 Å². The second-order valence-corrected chi connectivity index (χ2v) is 8.63. The molecule has 10 heteroatoms. The summed E-state index contributed by atoms with van der Waals surface area (Å²) in [5, 5.41) is 4.23. The molecule has 32 heavy (non-hydrogen) atoms. The predicted molar refractivity (Wildman–Crippen MR) is 111 cm³/mol. The Hall–Kier alpha value is -3.43. The van der Waals surface area contributed by atoms with Crippen molar-refractivity contribution in [3.63, 3.8) is 0 Å². The number of aromatic nitrogens is 6. The second-order valence-electron chi connectivity index (χ2n) is 8.63. The molecule has 3 atom stereocenters. The van der Waals surface area contributed by atoms with E-state index in [2.05, 4.69) is 20.1 Å². The summed E-state index contributed by atoms with van der Waals surface area (Å²) in [5.41, 5.74) is 2.68. The quantitative estimate of drug-likeness (QED) is 0.490. The van der Waals surface area contributed by atoms with Crippen molar-refractivity contribution in [2.24, 2.45) is 7.05 Å². The van der Waals surface area contributed by atoms with Crippen molar-refractivity contribution in [3.05, 3.63) is 53.9 Å². The number of hydrogen-bond donors (Lipinski definition) is 0. The Morgan fingerprint density at radius 2 is 1.97 bits per heavy atom. The molecule has 0 saturated carbocycles. The maximum atomic E-state index is 13.6. The van der Waals surface area contributed by atoms with Crippen molar-refractivity contribution < 1.29 is 13.6 Å². The van der Waals surface area contributed by atoms with Gasteiger partial charge in [0.2, 0.25) is 0 Å². The van der Waals surface area contributed by atoms with Crippen molar-refractivity contribution in [1.82, 2.24) is 34.0 Å². The molecule has 2 aliphatic heterocycles. The van der Waals surface area contributed by atoms with E-state index in [-0.39, 0.29) is 35.4 Å². The first-order valence-corrected chi connectivity index (χ1v) is 10.7. The molecule has 5 heterocycles. The molecule has 1 unspecified atom stereocenters. The van der Waals surface area contributed by atoms with Gasteiger partial charge in [0.15, 0.2) is 0 Å². The summed E-state index contributed by atoms with van der Waals surface area (Å²) in [6.45, 7) is 0. The number of carbonyl (C=O) groups excluding carboxylic acids is 1. The highest BCUT2D eigenvalue weighted by Crippen LogP contribution is 2.45. The van der Waals surface area contributed by atoms with Crippen molar-refractivity contribution in [3.8, 4) is 0 Å². The van der Waals surface area contributed by atoms with E-state index in [1.807, 2.05) is 34.7 Å². The van der Waals surface area contributed by atoms with Gasteiger partial charge in [0.05, 0.1) is 23.1 Å². The zero-order valence-electron chi connectivity index (χ0n) is 17.4. The van der Waals surface area contributed by atoms with Crippen LogP contribution in [0, 0.1) is 0 Å². The van der Waals surface area contributed by atoms with Crippen LogP contribution >= 0.6 is 0 Å². The van der Waals surface area contributed by atoms with Crippen molar-refractivity contribution in [1.29, 1.82) is 0 Å². The van der Waals surface area contributed by atoms with Crippen LogP contribution in [-0.4, -0.2) is 52.0 Å². The molecular formula is C22H21F2N7O. The maximum Gasteiger partial charge on any atom is 0.280 e. The molecular weight excluding hydrogens is 416 g/mol. The van der Waals surface area contributed by atoms with E-state index in [1.54, 1.807) is 6.33 Å². The molecule has 0 aliphatic carbocycles. The van der Waals surface area contributed by atoms with Gasteiger partial charge in [0, 0.05) is 30.6 Å². The number of carbonyl (C=O) groups is 1. The highest BCUT2D eigenvalue weighted by atomic mass is 19.3. The highest BCUT2D eigenvalue weighted by Gasteiger charge is 2.46. The number of piperidine rings is 1. The lowest BCUT2D eigenvalue weighted by Crippen LogP contribution is -2.47. The number of benzene rings is 1.